The molecule has 0 spiro atoms. The maximum Gasteiger partial charge on any atom is 0.243 e. The summed E-state index contributed by atoms with van der Waals surface area (Å²) in [5.41, 5.74) is 1.90. The lowest BCUT2D eigenvalue weighted by atomic mass is 10.0. The third-order valence-corrected chi connectivity index (χ3v) is 3.77. The van der Waals surface area contributed by atoms with Gasteiger partial charge < -0.3 is 10.1 Å². The van der Waals surface area contributed by atoms with Crippen molar-refractivity contribution in [3.05, 3.63) is 29.8 Å². The average Bonchev–Trinajstić information content (AvgIpc) is 2.65. The van der Waals surface area contributed by atoms with Gasteiger partial charge in [0.15, 0.2) is 6.19 Å². The quantitative estimate of drug-likeness (QED) is 0.265. The summed E-state index contributed by atoms with van der Waals surface area (Å²) < 4.78 is 5.16. The zero-order valence-electron chi connectivity index (χ0n) is 14.5. The fourth-order valence-electron chi connectivity index (χ4n) is 2.43. The van der Waals surface area contributed by atoms with E-state index in [9.17, 15) is 4.79 Å². The Labute approximate surface area is 147 Å². The number of carbonyl (C=O) groups excluding carboxylic acids is 1. The fourth-order valence-corrected chi connectivity index (χ4v) is 2.43. The number of nitriles is 1. The monoisotopic (exact) mass is 342 g/mol. The van der Waals surface area contributed by atoms with Crippen LogP contribution < -0.4 is 15.4 Å². The first kappa shape index (κ1) is 18.3. The van der Waals surface area contributed by atoms with Crippen molar-refractivity contribution >= 4 is 17.6 Å². The SMILES string of the molecule is CN=C(NC#N)NCCCN1N=C(c2ccc(OC)cc2)CCC1=O. The van der Waals surface area contributed by atoms with E-state index in [1.807, 2.05) is 30.5 Å². The van der Waals surface area contributed by atoms with Crippen LogP contribution in [-0.2, 0) is 4.79 Å². The lowest BCUT2D eigenvalue weighted by Crippen LogP contribution is -2.37. The van der Waals surface area contributed by atoms with Crippen molar-refractivity contribution < 1.29 is 9.53 Å². The van der Waals surface area contributed by atoms with Crippen LogP contribution >= 0.6 is 0 Å². The number of aliphatic imine (C=N–C) groups is 1. The van der Waals surface area contributed by atoms with Crippen LogP contribution in [0.15, 0.2) is 34.4 Å². The predicted molar refractivity (Wildman–Crippen MR) is 95.2 cm³/mol. The third-order valence-electron chi connectivity index (χ3n) is 3.77. The minimum Gasteiger partial charge on any atom is -0.497 e. The van der Waals surface area contributed by atoms with Crippen molar-refractivity contribution in [2.75, 3.05) is 27.2 Å². The first-order valence-corrected chi connectivity index (χ1v) is 8.06. The summed E-state index contributed by atoms with van der Waals surface area (Å²) >= 11 is 0. The van der Waals surface area contributed by atoms with Crippen molar-refractivity contribution in [3.63, 3.8) is 0 Å². The zero-order chi connectivity index (χ0) is 18.1. The lowest BCUT2D eigenvalue weighted by molar-refractivity contribution is -0.131. The molecule has 0 aliphatic carbocycles. The summed E-state index contributed by atoms with van der Waals surface area (Å²) in [7, 11) is 3.22. The molecule has 0 aromatic heterocycles. The summed E-state index contributed by atoms with van der Waals surface area (Å²) in [6.45, 7) is 1.09. The van der Waals surface area contributed by atoms with Crippen molar-refractivity contribution in [2.45, 2.75) is 19.3 Å². The molecule has 0 saturated heterocycles. The Bertz CT molecular complexity index is 690. The van der Waals surface area contributed by atoms with Gasteiger partial charge in [0, 0.05) is 33.0 Å². The van der Waals surface area contributed by atoms with E-state index in [-0.39, 0.29) is 5.91 Å². The second kappa shape index (κ2) is 9.27. The Morgan fingerprint density at radius 1 is 1.40 bits per heavy atom. The van der Waals surface area contributed by atoms with Crippen molar-refractivity contribution in [2.24, 2.45) is 10.1 Å². The molecule has 0 saturated carbocycles. The van der Waals surface area contributed by atoms with E-state index in [4.69, 9.17) is 10.00 Å². The molecule has 0 fully saturated rings. The highest BCUT2D eigenvalue weighted by atomic mass is 16.5. The Morgan fingerprint density at radius 3 is 2.80 bits per heavy atom. The Balaban J connectivity index is 1.92. The van der Waals surface area contributed by atoms with Gasteiger partial charge in [0.2, 0.25) is 11.9 Å². The van der Waals surface area contributed by atoms with Crippen LogP contribution in [0.4, 0.5) is 0 Å². The Morgan fingerprint density at radius 2 is 2.16 bits per heavy atom. The number of amides is 1. The number of rotatable bonds is 6. The molecule has 2 rings (SSSR count). The molecule has 132 valence electrons. The van der Waals surface area contributed by atoms with Crippen molar-refractivity contribution in [1.29, 1.82) is 5.26 Å². The van der Waals surface area contributed by atoms with Gasteiger partial charge in [-0.3, -0.25) is 15.1 Å². The summed E-state index contributed by atoms with van der Waals surface area (Å²) in [6, 6.07) is 7.67. The third kappa shape index (κ3) is 5.21. The predicted octanol–water partition coefficient (Wildman–Crippen LogP) is 1.06. The molecule has 1 aliphatic rings. The number of nitrogens with one attached hydrogen (secondary N) is 2. The normalized spacial score (nSPS) is 14.6. The molecule has 8 nitrogen and oxygen atoms in total. The summed E-state index contributed by atoms with van der Waals surface area (Å²) in [5, 5.41) is 20.0. The molecule has 1 heterocycles. The molecular weight excluding hydrogens is 320 g/mol. The molecule has 1 aromatic rings. The smallest absolute Gasteiger partial charge is 0.243 e. The van der Waals surface area contributed by atoms with Crippen LogP contribution in [0.1, 0.15) is 24.8 Å². The number of guanidine groups is 1. The summed E-state index contributed by atoms with van der Waals surface area (Å²) in [4.78, 5) is 16.0. The van der Waals surface area contributed by atoms with Crippen LogP contribution in [0.3, 0.4) is 0 Å². The van der Waals surface area contributed by atoms with Crippen LogP contribution in [0.25, 0.3) is 0 Å². The van der Waals surface area contributed by atoms with Gasteiger partial charge in [-0.25, -0.2) is 5.01 Å². The number of carbonyl (C=O) groups is 1. The van der Waals surface area contributed by atoms with E-state index in [0.717, 1.165) is 17.0 Å². The summed E-state index contributed by atoms with van der Waals surface area (Å²) in [5.74, 6) is 1.23. The van der Waals surface area contributed by atoms with E-state index in [0.29, 0.717) is 38.3 Å². The molecule has 1 aliphatic heterocycles. The minimum absolute atomic E-state index is 0.0248. The molecule has 0 radical (unpaired) electrons. The van der Waals surface area contributed by atoms with Crippen molar-refractivity contribution in [3.8, 4) is 11.9 Å². The van der Waals surface area contributed by atoms with E-state index >= 15 is 0 Å². The zero-order valence-corrected chi connectivity index (χ0v) is 14.5. The van der Waals surface area contributed by atoms with Gasteiger partial charge in [0.1, 0.15) is 5.75 Å². The lowest BCUT2D eigenvalue weighted by Gasteiger charge is -2.24. The van der Waals surface area contributed by atoms with E-state index < -0.39 is 0 Å². The number of ether oxygens (including phenoxy) is 1. The molecule has 1 amide bonds. The Kier molecular flexibility index (Phi) is 6.77. The van der Waals surface area contributed by atoms with Gasteiger partial charge >= 0.3 is 0 Å². The molecule has 8 heteroatoms. The minimum atomic E-state index is 0.0248. The number of hydrazone groups is 1. The highest BCUT2D eigenvalue weighted by molar-refractivity contribution is 6.04. The van der Waals surface area contributed by atoms with Gasteiger partial charge in [0.25, 0.3) is 0 Å². The van der Waals surface area contributed by atoms with E-state index in [1.54, 1.807) is 14.2 Å². The second-order valence-electron chi connectivity index (χ2n) is 5.38. The van der Waals surface area contributed by atoms with Crippen LogP contribution in [0.5, 0.6) is 5.75 Å². The van der Waals surface area contributed by atoms with Crippen LogP contribution in [0, 0.1) is 11.5 Å². The molecule has 25 heavy (non-hydrogen) atoms. The van der Waals surface area contributed by atoms with E-state index in [1.165, 1.54) is 5.01 Å². The maximum atomic E-state index is 12.1. The van der Waals surface area contributed by atoms with Crippen LogP contribution in [-0.4, -0.2) is 49.8 Å². The average molecular weight is 342 g/mol. The Hall–Kier alpha value is -3.08. The fraction of sp³-hybridized carbons (Fsp3) is 0.412. The molecule has 1 aromatic carbocycles. The standard InChI is InChI=1S/C17H22N6O2/c1-19-17(21-12-18)20-10-3-11-23-16(24)9-8-15(22-23)13-4-6-14(25-2)7-5-13/h4-7H,3,8-11H2,1-2H3,(H2,19,20,21). The van der Waals surface area contributed by atoms with Gasteiger partial charge in [0.05, 0.1) is 12.8 Å². The topological polar surface area (TPSA) is 102 Å². The molecular formula is C17H22N6O2. The maximum absolute atomic E-state index is 12.1. The van der Waals surface area contributed by atoms with Gasteiger partial charge in [-0.05, 0) is 36.2 Å². The highest BCUT2D eigenvalue weighted by Crippen LogP contribution is 2.18. The highest BCUT2D eigenvalue weighted by Gasteiger charge is 2.20. The largest absolute Gasteiger partial charge is 0.497 e. The van der Waals surface area contributed by atoms with Gasteiger partial charge in [-0.1, -0.05) is 0 Å². The molecule has 0 atom stereocenters. The van der Waals surface area contributed by atoms with Gasteiger partial charge in [-0.15, -0.1) is 0 Å². The van der Waals surface area contributed by atoms with Crippen molar-refractivity contribution in [1.82, 2.24) is 15.6 Å². The molecule has 2 N–H and O–H groups in total. The van der Waals surface area contributed by atoms with Gasteiger partial charge in [-0.2, -0.15) is 10.4 Å². The number of nitrogens with zero attached hydrogens (tertiary/aromatic N) is 4. The number of benzene rings is 1. The molecule has 0 bridgehead atoms. The number of hydrogen-bond acceptors (Lipinski definition) is 5. The first-order valence-electron chi connectivity index (χ1n) is 8.06. The second-order valence-corrected chi connectivity index (χ2v) is 5.38. The van der Waals surface area contributed by atoms with Crippen LogP contribution in [0.2, 0.25) is 0 Å². The number of hydrogen-bond donors (Lipinski definition) is 2. The number of methoxy groups -OCH3 is 1. The molecule has 0 unspecified atom stereocenters. The summed E-state index contributed by atoms with van der Waals surface area (Å²) in [6.07, 6.45) is 3.59. The van der Waals surface area contributed by atoms with E-state index in [2.05, 4.69) is 20.7 Å². The first-order chi connectivity index (χ1) is 12.2.